The van der Waals surface area contributed by atoms with Crippen molar-refractivity contribution in [3.63, 3.8) is 0 Å². The lowest BCUT2D eigenvalue weighted by atomic mass is 9.76. The van der Waals surface area contributed by atoms with Gasteiger partial charge in [0.2, 0.25) is 0 Å². The molecule has 4 nitrogen and oxygen atoms in total. The van der Waals surface area contributed by atoms with Crippen LogP contribution in [-0.4, -0.2) is 21.0 Å². The number of hydrogen-bond acceptors (Lipinski definition) is 3. The minimum atomic E-state index is -2.61. The largest absolute Gasteiger partial charge is 0.393 e. The van der Waals surface area contributed by atoms with E-state index in [0.717, 1.165) is 0 Å². The van der Waals surface area contributed by atoms with E-state index >= 15 is 0 Å². The Morgan fingerprint density at radius 1 is 1.53 bits per heavy atom. The summed E-state index contributed by atoms with van der Waals surface area (Å²) in [5, 5.41) is 13.2. The fourth-order valence-electron chi connectivity index (χ4n) is 2.44. The lowest BCUT2D eigenvalue weighted by molar-refractivity contribution is 0.0935. The van der Waals surface area contributed by atoms with Crippen LogP contribution in [0, 0.1) is 0 Å². The summed E-state index contributed by atoms with van der Waals surface area (Å²) in [5.74, 6) is 0. The second-order valence-electron chi connectivity index (χ2n) is 4.79. The molecule has 3 N–H and O–H groups in total. The Kier molecular flexibility index (Phi) is 3.18. The molecule has 6 heteroatoms. The molecule has 1 saturated carbocycles. The molecule has 1 heterocycles. The molecule has 17 heavy (non-hydrogen) atoms. The zero-order valence-electron chi connectivity index (χ0n) is 9.74. The lowest BCUT2D eigenvalue weighted by Crippen LogP contribution is -2.42. The summed E-state index contributed by atoms with van der Waals surface area (Å²) in [6, 6.07) is 0. The molecule has 1 aliphatic rings. The van der Waals surface area contributed by atoms with Gasteiger partial charge in [-0.25, -0.2) is 8.78 Å². The van der Waals surface area contributed by atoms with E-state index in [1.165, 1.54) is 4.68 Å². The molecule has 2 rings (SSSR count). The van der Waals surface area contributed by atoms with Crippen LogP contribution in [0.25, 0.3) is 0 Å². The van der Waals surface area contributed by atoms with E-state index in [2.05, 4.69) is 5.10 Å². The van der Waals surface area contributed by atoms with Crippen molar-refractivity contribution in [2.24, 2.45) is 12.8 Å². The number of aliphatic hydroxyl groups excluding tert-OH is 1. The highest BCUT2D eigenvalue weighted by Crippen LogP contribution is 2.38. The van der Waals surface area contributed by atoms with Crippen molar-refractivity contribution >= 4 is 0 Å². The van der Waals surface area contributed by atoms with Crippen molar-refractivity contribution in [2.75, 3.05) is 0 Å². The zero-order valence-corrected chi connectivity index (χ0v) is 9.74. The van der Waals surface area contributed by atoms with Crippen LogP contribution in [-0.2, 0) is 12.6 Å². The monoisotopic (exact) mass is 245 g/mol. The van der Waals surface area contributed by atoms with Crippen LogP contribution in [0.3, 0.4) is 0 Å². The van der Waals surface area contributed by atoms with Gasteiger partial charge in [0.1, 0.15) is 5.69 Å². The number of rotatable bonds is 2. The van der Waals surface area contributed by atoms with Crippen molar-refractivity contribution < 1.29 is 13.9 Å². The molecule has 0 atom stereocenters. The fraction of sp³-hybridized carbons (Fsp3) is 0.727. The first-order valence-corrected chi connectivity index (χ1v) is 5.71. The number of hydrogen-bond donors (Lipinski definition) is 2. The van der Waals surface area contributed by atoms with Gasteiger partial charge in [-0.3, -0.25) is 4.68 Å². The normalized spacial score (nSPS) is 29.9. The van der Waals surface area contributed by atoms with E-state index in [9.17, 15) is 13.9 Å². The summed E-state index contributed by atoms with van der Waals surface area (Å²) in [4.78, 5) is 0. The Labute approximate surface area is 98.4 Å². The second kappa shape index (κ2) is 4.34. The fourth-order valence-corrected chi connectivity index (χ4v) is 2.44. The average Bonchev–Trinajstić information content (AvgIpc) is 2.66. The molecule has 0 amide bonds. The average molecular weight is 245 g/mol. The molecule has 0 aliphatic heterocycles. The van der Waals surface area contributed by atoms with Crippen LogP contribution < -0.4 is 5.73 Å². The predicted octanol–water partition coefficient (Wildman–Crippen LogP) is 1.45. The number of nitrogens with two attached hydrogens (primary N) is 1. The van der Waals surface area contributed by atoms with Crippen LogP contribution in [0.15, 0.2) is 6.20 Å². The highest BCUT2D eigenvalue weighted by atomic mass is 19.3. The van der Waals surface area contributed by atoms with Gasteiger partial charge < -0.3 is 10.8 Å². The maximum Gasteiger partial charge on any atom is 0.282 e. The van der Waals surface area contributed by atoms with Crippen molar-refractivity contribution in [1.29, 1.82) is 0 Å². The number of aryl methyl sites for hydroxylation is 1. The van der Waals surface area contributed by atoms with Crippen molar-refractivity contribution in [3.8, 4) is 0 Å². The first-order valence-electron chi connectivity index (χ1n) is 5.71. The van der Waals surface area contributed by atoms with E-state index in [1.54, 1.807) is 13.2 Å². The number of aromatic nitrogens is 2. The van der Waals surface area contributed by atoms with Gasteiger partial charge in [0.15, 0.2) is 0 Å². The number of aliphatic hydroxyl groups is 1. The Balaban J connectivity index is 2.32. The first kappa shape index (κ1) is 12.4. The smallest absolute Gasteiger partial charge is 0.282 e. The molecule has 1 aromatic heterocycles. The third-order valence-corrected chi connectivity index (χ3v) is 3.45. The second-order valence-corrected chi connectivity index (χ2v) is 4.79. The predicted molar refractivity (Wildman–Crippen MR) is 58.5 cm³/mol. The summed E-state index contributed by atoms with van der Waals surface area (Å²) in [6.45, 7) is 0. The maximum absolute atomic E-state index is 12.9. The molecule has 1 aromatic rings. The van der Waals surface area contributed by atoms with Crippen LogP contribution in [0.1, 0.15) is 43.4 Å². The van der Waals surface area contributed by atoms with Crippen LogP contribution in [0.5, 0.6) is 0 Å². The SMILES string of the molecule is Cn1cc(C2(N)CCC(O)CC2)c(C(F)F)n1. The third kappa shape index (κ3) is 2.32. The third-order valence-electron chi connectivity index (χ3n) is 3.45. The van der Waals surface area contributed by atoms with Crippen molar-refractivity contribution in [3.05, 3.63) is 17.5 Å². The molecule has 0 saturated heterocycles. The molecule has 1 fully saturated rings. The van der Waals surface area contributed by atoms with E-state index in [-0.39, 0.29) is 11.8 Å². The van der Waals surface area contributed by atoms with E-state index in [1.807, 2.05) is 0 Å². The molecule has 0 radical (unpaired) electrons. The Morgan fingerprint density at radius 2 is 2.12 bits per heavy atom. The van der Waals surface area contributed by atoms with Gasteiger partial charge in [0.25, 0.3) is 6.43 Å². The number of nitrogens with zero attached hydrogens (tertiary/aromatic N) is 2. The van der Waals surface area contributed by atoms with Gasteiger partial charge in [0.05, 0.1) is 6.10 Å². The summed E-state index contributed by atoms with van der Waals surface area (Å²) >= 11 is 0. The molecular weight excluding hydrogens is 228 g/mol. The van der Waals surface area contributed by atoms with Crippen LogP contribution in [0.2, 0.25) is 0 Å². The lowest BCUT2D eigenvalue weighted by Gasteiger charge is -2.35. The summed E-state index contributed by atoms with van der Waals surface area (Å²) in [5.41, 5.74) is 5.61. The van der Waals surface area contributed by atoms with E-state index in [0.29, 0.717) is 31.2 Å². The van der Waals surface area contributed by atoms with Gasteiger partial charge in [-0.2, -0.15) is 5.10 Å². The van der Waals surface area contributed by atoms with Crippen molar-refractivity contribution in [1.82, 2.24) is 9.78 Å². The molecular formula is C11H17F2N3O. The zero-order chi connectivity index (χ0) is 12.6. The van der Waals surface area contributed by atoms with Gasteiger partial charge in [-0.1, -0.05) is 0 Å². The Bertz CT molecular complexity index is 397. The van der Waals surface area contributed by atoms with Gasteiger partial charge >= 0.3 is 0 Å². The standard InChI is InChI=1S/C11H17F2N3O/c1-16-6-8(9(15-16)10(12)13)11(14)4-2-7(17)3-5-11/h6-7,10,17H,2-5,14H2,1H3. The van der Waals surface area contributed by atoms with Gasteiger partial charge in [0, 0.05) is 24.3 Å². The maximum atomic E-state index is 12.9. The molecule has 0 unspecified atom stereocenters. The van der Waals surface area contributed by atoms with Crippen LogP contribution in [0.4, 0.5) is 8.78 Å². The highest BCUT2D eigenvalue weighted by molar-refractivity contribution is 5.28. The van der Waals surface area contributed by atoms with E-state index in [4.69, 9.17) is 5.73 Å². The summed E-state index contributed by atoms with van der Waals surface area (Å²) in [6.07, 6.45) is 0.720. The van der Waals surface area contributed by atoms with Crippen molar-refractivity contribution in [2.45, 2.75) is 43.8 Å². The molecule has 0 bridgehead atoms. The highest BCUT2D eigenvalue weighted by Gasteiger charge is 2.37. The Hall–Kier alpha value is -1.01. The molecule has 96 valence electrons. The van der Waals surface area contributed by atoms with Gasteiger partial charge in [-0.05, 0) is 25.7 Å². The number of halogens is 2. The quantitative estimate of drug-likeness (QED) is 0.828. The summed E-state index contributed by atoms with van der Waals surface area (Å²) < 4.78 is 27.1. The van der Waals surface area contributed by atoms with E-state index < -0.39 is 12.0 Å². The molecule has 1 aliphatic carbocycles. The minimum absolute atomic E-state index is 0.230. The first-order chi connectivity index (χ1) is 7.92. The van der Waals surface area contributed by atoms with Gasteiger partial charge in [-0.15, -0.1) is 0 Å². The molecule has 0 spiro atoms. The topological polar surface area (TPSA) is 64.1 Å². The Morgan fingerprint density at radius 3 is 2.65 bits per heavy atom. The number of alkyl halides is 2. The summed E-state index contributed by atoms with van der Waals surface area (Å²) in [7, 11) is 1.61. The minimum Gasteiger partial charge on any atom is -0.393 e. The molecule has 0 aromatic carbocycles. The van der Waals surface area contributed by atoms with Crippen LogP contribution >= 0.6 is 0 Å².